The van der Waals surface area contributed by atoms with E-state index in [2.05, 4.69) is 5.32 Å². The Labute approximate surface area is 155 Å². The largest absolute Gasteiger partial charge is 0.507 e. The van der Waals surface area contributed by atoms with Gasteiger partial charge in [0.05, 0.1) is 23.4 Å². The van der Waals surface area contributed by atoms with E-state index in [4.69, 9.17) is 9.84 Å². The van der Waals surface area contributed by atoms with Crippen molar-refractivity contribution in [2.75, 3.05) is 11.9 Å². The number of aromatic carboxylic acids is 1. The van der Waals surface area contributed by atoms with E-state index in [0.29, 0.717) is 0 Å². The monoisotopic (exact) mass is 373 g/mol. The third-order valence-electron chi connectivity index (χ3n) is 3.86. The Balaban J connectivity index is 2.48. The molecular weight excluding hydrogens is 354 g/mol. The van der Waals surface area contributed by atoms with Crippen molar-refractivity contribution < 1.29 is 34.4 Å². The van der Waals surface area contributed by atoms with Crippen LogP contribution in [0, 0.1) is 0 Å². The maximum absolute atomic E-state index is 12.7. The Morgan fingerprint density at radius 2 is 1.74 bits per heavy atom. The SMILES string of the molecule is CCOC(=O)c1ccccc1NC(=O)c1c(O)cc(C(=O)O)c(O)c1CC. The van der Waals surface area contributed by atoms with Crippen molar-refractivity contribution in [1.29, 1.82) is 0 Å². The van der Waals surface area contributed by atoms with Gasteiger partial charge in [0.1, 0.15) is 17.1 Å². The number of anilines is 1. The van der Waals surface area contributed by atoms with E-state index in [0.717, 1.165) is 6.07 Å². The highest BCUT2D eigenvalue weighted by molar-refractivity contribution is 6.11. The molecule has 0 spiro atoms. The van der Waals surface area contributed by atoms with Gasteiger partial charge in [0.2, 0.25) is 0 Å². The number of carboxylic acids is 1. The highest BCUT2D eigenvalue weighted by atomic mass is 16.5. The predicted octanol–water partition coefficient (Wildman–Crippen LogP) is 2.79. The van der Waals surface area contributed by atoms with Crippen molar-refractivity contribution in [1.82, 2.24) is 0 Å². The molecule has 0 saturated heterocycles. The number of carbonyl (C=O) groups excluding carboxylic acids is 2. The summed E-state index contributed by atoms with van der Waals surface area (Å²) in [4.78, 5) is 35.9. The zero-order valence-corrected chi connectivity index (χ0v) is 14.8. The Morgan fingerprint density at radius 1 is 1.07 bits per heavy atom. The van der Waals surface area contributed by atoms with Gasteiger partial charge in [-0.1, -0.05) is 19.1 Å². The zero-order chi connectivity index (χ0) is 20.1. The first kappa shape index (κ1) is 19.8. The molecule has 0 saturated carbocycles. The van der Waals surface area contributed by atoms with Crippen LogP contribution in [-0.4, -0.2) is 39.8 Å². The van der Waals surface area contributed by atoms with E-state index in [1.807, 2.05) is 0 Å². The second-order valence-electron chi connectivity index (χ2n) is 5.52. The minimum atomic E-state index is -1.43. The van der Waals surface area contributed by atoms with Gasteiger partial charge >= 0.3 is 11.9 Å². The van der Waals surface area contributed by atoms with E-state index >= 15 is 0 Å². The summed E-state index contributed by atoms with van der Waals surface area (Å²) in [7, 11) is 0. The van der Waals surface area contributed by atoms with Gasteiger partial charge in [-0.3, -0.25) is 4.79 Å². The van der Waals surface area contributed by atoms with Crippen LogP contribution in [0.15, 0.2) is 30.3 Å². The van der Waals surface area contributed by atoms with Gasteiger partial charge in [0.15, 0.2) is 0 Å². The number of carbonyl (C=O) groups is 3. The van der Waals surface area contributed by atoms with Crippen LogP contribution >= 0.6 is 0 Å². The van der Waals surface area contributed by atoms with Gasteiger partial charge in [0.25, 0.3) is 5.91 Å². The molecule has 0 heterocycles. The normalized spacial score (nSPS) is 10.3. The molecular formula is C19H19NO7. The number of aromatic hydroxyl groups is 2. The molecule has 8 heteroatoms. The molecule has 0 fully saturated rings. The lowest BCUT2D eigenvalue weighted by Gasteiger charge is -2.15. The molecule has 2 aromatic carbocycles. The number of hydrogen-bond acceptors (Lipinski definition) is 6. The summed E-state index contributed by atoms with van der Waals surface area (Å²) in [6.45, 7) is 3.41. The molecule has 0 aromatic heterocycles. The van der Waals surface area contributed by atoms with Crippen molar-refractivity contribution in [2.24, 2.45) is 0 Å². The molecule has 0 aliphatic carbocycles. The molecule has 1 amide bonds. The maximum Gasteiger partial charge on any atom is 0.340 e. The number of ether oxygens (including phenoxy) is 1. The Bertz CT molecular complexity index is 905. The highest BCUT2D eigenvalue weighted by Crippen LogP contribution is 2.34. The Kier molecular flexibility index (Phi) is 6.02. The summed E-state index contributed by atoms with van der Waals surface area (Å²) >= 11 is 0. The van der Waals surface area contributed by atoms with Gasteiger partial charge in [-0.15, -0.1) is 0 Å². The molecule has 0 aliphatic heterocycles. The zero-order valence-electron chi connectivity index (χ0n) is 14.8. The third kappa shape index (κ3) is 4.00. The van der Waals surface area contributed by atoms with E-state index in [1.54, 1.807) is 26.0 Å². The molecule has 4 N–H and O–H groups in total. The second kappa shape index (κ2) is 8.22. The summed E-state index contributed by atoms with van der Waals surface area (Å²) in [5.41, 5.74) is -0.508. The molecule has 0 atom stereocenters. The highest BCUT2D eigenvalue weighted by Gasteiger charge is 2.25. The predicted molar refractivity (Wildman–Crippen MR) is 96.5 cm³/mol. The number of phenolic OH excluding ortho intramolecular Hbond substituents is 1. The first-order valence-electron chi connectivity index (χ1n) is 8.20. The molecule has 0 aliphatic rings. The van der Waals surface area contributed by atoms with Crippen molar-refractivity contribution in [3.63, 3.8) is 0 Å². The summed E-state index contributed by atoms with van der Waals surface area (Å²) in [6.07, 6.45) is 0.1000. The topological polar surface area (TPSA) is 133 Å². The molecule has 0 unspecified atom stereocenters. The first-order valence-corrected chi connectivity index (χ1v) is 8.20. The standard InChI is InChI=1S/C19H19NO7/c1-3-10-15(14(21)9-12(16(10)22)18(24)25)17(23)20-13-8-6-5-7-11(13)19(26)27-4-2/h5-9,21-22H,3-4H2,1-2H3,(H,20,23)(H,24,25). The van der Waals surface area contributed by atoms with Crippen LogP contribution in [0.1, 0.15) is 50.5 Å². The summed E-state index contributed by atoms with van der Waals surface area (Å²) in [5, 5.41) is 31.9. The van der Waals surface area contributed by atoms with Crippen molar-refractivity contribution in [2.45, 2.75) is 20.3 Å². The second-order valence-corrected chi connectivity index (χ2v) is 5.52. The van der Waals surface area contributed by atoms with Crippen LogP contribution in [0.3, 0.4) is 0 Å². The molecule has 8 nitrogen and oxygen atoms in total. The molecule has 0 radical (unpaired) electrons. The van der Waals surface area contributed by atoms with Crippen LogP contribution in [0.5, 0.6) is 11.5 Å². The number of benzene rings is 2. The minimum Gasteiger partial charge on any atom is -0.507 e. The van der Waals surface area contributed by atoms with Gasteiger partial charge in [-0.05, 0) is 31.5 Å². The molecule has 0 bridgehead atoms. The lowest BCUT2D eigenvalue weighted by molar-refractivity contribution is 0.0527. The summed E-state index contributed by atoms with van der Waals surface area (Å²) in [6, 6.07) is 6.97. The average Bonchev–Trinajstić information content (AvgIpc) is 2.63. The first-order chi connectivity index (χ1) is 12.8. The lowest BCUT2D eigenvalue weighted by atomic mass is 9.98. The van der Waals surface area contributed by atoms with E-state index in [-0.39, 0.29) is 35.4 Å². The third-order valence-corrected chi connectivity index (χ3v) is 3.86. The van der Waals surface area contributed by atoms with Gasteiger partial charge in [0, 0.05) is 5.56 Å². The smallest absolute Gasteiger partial charge is 0.340 e. The lowest BCUT2D eigenvalue weighted by Crippen LogP contribution is -2.18. The van der Waals surface area contributed by atoms with Crippen LogP contribution in [0.4, 0.5) is 5.69 Å². The van der Waals surface area contributed by atoms with Crippen LogP contribution in [-0.2, 0) is 11.2 Å². The summed E-state index contributed by atoms with van der Waals surface area (Å²) in [5.74, 6) is -4.04. The van der Waals surface area contributed by atoms with Gasteiger partial charge < -0.3 is 25.4 Å². The van der Waals surface area contributed by atoms with Crippen LogP contribution < -0.4 is 5.32 Å². The maximum atomic E-state index is 12.7. The van der Waals surface area contributed by atoms with E-state index in [1.165, 1.54) is 12.1 Å². The number of hydrogen-bond donors (Lipinski definition) is 4. The number of para-hydroxylation sites is 1. The fraction of sp³-hybridized carbons (Fsp3) is 0.211. The fourth-order valence-electron chi connectivity index (χ4n) is 2.64. The number of nitrogens with one attached hydrogen (secondary N) is 1. The van der Waals surface area contributed by atoms with Gasteiger partial charge in [-0.2, -0.15) is 0 Å². The van der Waals surface area contributed by atoms with Crippen molar-refractivity contribution in [3.05, 3.63) is 52.6 Å². The number of rotatable bonds is 6. The molecule has 2 rings (SSSR count). The number of amides is 1. The minimum absolute atomic E-state index is 0.0153. The molecule has 2 aromatic rings. The van der Waals surface area contributed by atoms with Crippen molar-refractivity contribution >= 4 is 23.5 Å². The quantitative estimate of drug-likeness (QED) is 0.452. The number of esters is 1. The van der Waals surface area contributed by atoms with E-state index < -0.39 is 34.9 Å². The summed E-state index contributed by atoms with van der Waals surface area (Å²) < 4.78 is 4.94. The molecule has 142 valence electrons. The number of phenols is 2. The fourth-order valence-corrected chi connectivity index (χ4v) is 2.64. The molecule has 27 heavy (non-hydrogen) atoms. The van der Waals surface area contributed by atoms with Crippen LogP contribution in [0.2, 0.25) is 0 Å². The van der Waals surface area contributed by atoms with Crippen LogP contribution in [0.25, 0.3) is 0 Å². The Morgan fingerprint density at radius 3 is 2.33 bits per heavy atom. The van der Waals surface area contributed by atoms with Gasteiger partial charge in [-0.25, -0.2) is 9.59 Å². The van der Waals surface area contributed by atoms with E-state index in [9.17, 15) is 24.6 Å². The Hall–Kier alpha value is -3.55. The van der Waals surface area contributed by atoms with Crippen molar-refractivity contribution in [3.8, 4) is 11.5 Å². The average molecular weight is 373 g/mol. The number of carboxylic acid groups (broad SMARTS) is 1.